The quantitative estimate of drug-likeness (QED) is 0.331. The van der Waals surface area contributed by atoms with Crippen molar-refractivity contribution in [1.82, 2.24) is 8.96 Å². The summed E-state index contributed by atoms with van der Waals surface area (Å²) >= 11 is 0. The summed E-state index contributed by atoms with van der Waals surface area (Å²) in [7, 11) is 0.497. The average molecular weight is 415 g/mol. The molecule has 9 heteroatoms. The van der Waals surface area contributed by atoms with Gasteiger partial charge in [-0.15, -0.1) is 0 Å². The summed E-state index contributed by atoms with van der Waals surface area (Å²) in [6.45, 7) is 0. The van der Waals surface area contributed by atoms with Crippen molar-refractivity contribution in [3.05, 3.63) is 76.2 Å². The molecule has 0 amide bonds. The molecule has 3 aromatic rings. The number of imidazole rings is 1. The monoisotopic (exact) mass is 415 g/mol. The highest BCUT2D eigenvalue weighted by molar-refractivity contribution is 8.26. The number of benzene rings is 2. The molecule has 0 N–H and O–H groups in total. The highest BCUT2D eigenvalue weighted by atomic mass is 32.3. The van der Waals surface area contributed by atoms with Gasteiger partial charge in [0, 0.05) is 29.8 Å². The van der Waals surface area contributed by atoms with Crippen LogP contribution in [0.1, 0.15) is 16.2 Å². The summed E-state index contributed by atoms with van der Waals surface area (Å²) in [6, 6.07) is 13.7. The first kappa shape index (κ1) is 20.4. The molecule has 8 nitrogen and oxygen atoms in total. The molecule has 29 heavy (non-hydrogen) atoms. The summed E-state index contributed by atoms with van der Waals surface area (Å²) in [4.78, 5) is 29.4. The Labute approximate surface area is 169 Å². The van der Waals surface area contributed by atoms with Crippen molar-refractivity contribution >= 4 is 16.2 Å². The van der Waals surface area contributed by atoms with E-state index in [-0.39, 0.29) is 10.2 Å². The van der Waals surface area contributed by atoms with Gasteiger partial charge in [0.05, 0.1) is 24.2 Å². The van der Waals surface area contributed by atoms with E-state index in [0.29, 0.717) is 22.8 Å². The minimum atomic E-state index is -2.58. The molecule has 2 aromatic carbocycles. The number of carbonyl (C=O) groups excluding carboxylic acids is 1. The van der Waals surface area contributed by atoms with Gasteiger partial charge in [-0.25, -0.2) is 8.96 Å². The van der Waals surface area contributed by atoms with Crippen LogP contribution < -0.4 is 9.47 Å². The van der Waals surface area contributed by atoms with Crippen LogP contribution >= 0.6 is 10.4 Å². The Kier molecular flexibility index (Phi) is 5.60. The summed E-state index contributed by atoms with van der Waals surface area (Å²) in [5.41, 5.74) is 1.54. The fourth-order valence-electron chi connectivity index (χ4n) is 2.72. The molecule has 0 aliphatic rings. The van der Waals surface area contributed by atoms with Crippen LogP contribution in [-0.2, 0) is 0 Å². The third kappa shape index (κ3) is 3.95. The molecule has 3 rings (SSSR count). The van der Waals surface area contributed by atoms with Crippen LogP contribution in [0, 0.1) is 10.1 Å². The summed E-state index contributed by atoms with van der Waals surface area (Å²) < 4.78 is 11.4. The third-order valence-electron chi connectivity index (χ3n) is 4.44. The van der Waals surface area contributed by atoms with Crippen LogP contribution in [0.2, 0.25) is 0 Å². The van der Waals surface area contributed by atoms with Crippen LogP contribution in [0.5, 0.6) is 11.5 Å². The molecule has 0 unspecified atom stereocenters. The normalized spacial score (nSPS) is 11.7. The number of carbonyl (C=O) groups is 1. The standard InChI is InChI=1S/C20H21N3O5S/c1-27-16-10-8-14(9-11-16)18-13-22(29(3,4)23(25)26)20(21-18)19(24)15-6-5-7-17(12-15)28-2/h5-13H,1-4H3. The van der Waals surface area contributed by atoms with Gasteiger partial charge < -0.3 is 9.47 Å². The number of nitro groups is 1. The number of hydrogen-bond acceptors (Lipinski definition) is 6. The maximum Gasteiger partial charge on any atom is 0.229 e. The van der Waals surface area contributed by atoms with Gasteiger partial charge >= 0.3 is 0 Å². The number of ketones is 1. The molecule has 1 aromatic heterocycles. The van der Waals surface area contributed by atoms with Gasteiger partial charge in [0.15, 0.2) is 5.82 Å². The molecular formula is C20H21N3O5S. The number of ether oxygens (including phenoxy) is 2. The summed E-state index contributed by atoms with van der Waals surface area (Å²) in [6.07, 6.45) is 4.58. The Balaban J connectivity index is 2.14. The molecule has 0 spiro atoms. The highest BCUT2D eigenvalue weighted by Gasteiger charge is 2.33. The third-order valence-corrected chi connectivity index (χ3v) is 6.41. The maximum absolute atomic E-state index is 13.2. The van der Waals surface area contributed by atoms with Crippen molar-refractivity contribution in [3.8, 4) is 22.8 Å². The van der Waals surface area contributed by atoms with Crippen LogP contribution in [-0.4, -0.2) is 45.8 Å². The highest BCUT2D eigenvalue weighted by Crippen LogP contribution is 2.44. The second kappa shape index (κ2) is 7.96. The minimum absolute atomic E-state index is 0.0146. The van der Waals surface area contributed by atoms with Gasteiger partial charge in [0.1, 0.15) is 21.9 Å². The first-order chi connectivity index (χ1) is 13.8. The van der Waals surface area contributed by atoms with Crippen LogP contribution in [0.4, 0.5) is 0 Å². The zero-order valence-corrected chi connectivity index (χ0v) is 17.3. The predicted molar refractivity (Wildman–Crippen MR) is 112 cm³/mol. The van der Waals surface area contributed by atoms with Crippen LogP contribution in [0.3, 0.4) is 0 Å². The Bertz CT molecular complexity index is 1060. The zero-order chi connectivity index (χ0) is 21.2. The Hall–Kier alpha value is -3.33. The van der Waals surface area contributed by atoms with Gasteiger partial charge in [0.2, 0.25) is 5.78 Å². The molecule has 0 bridgehead atoms. The molecular weight excluding hydrogens is 394 g/mol. The molecule has 0 fully saturated rings. The smallest absolute Gasteiger partial charge is 0.229 e. The fourth-order valence-corrected chi connectivity index (χ4v) is 3.77. The van der Waals surface area contributed by atoms with E-state index in [1.54, 1.807) is 61.8 Å². The number of aromatic nitrogens is 2. The second-order valence-corrected chi connectivity index (χ2v) is 9.64. The van der Waals surface area contributed by atoms with Gasteiger partial charge in [-0.2, -0.15) is 0 Å². The average Bonchev–Trinajstić information content (AvgIpc) is 3.19. The van der Waals surface area contributed by atoms with Crippen molar-refractivity contribution in [1.29, 1.82) is 0 Å². The molecule has 0 aliphatic heterocycles. The van der Waals surface area contributed by atoms with Crippen LogP contribution in [0.15, 0.2) is 54.7 Å². The zero-order valence-electron chi connectivity index (χ0n) is 16.5. The van der Waals surface area contributed by atoms with E-state index in [1.165, 1.54) is 23.6 Å². The van der Waals surface area contributed by atoms with Crippen molar-refractivity contribution in [2.75, 3.05) is 26.7 Å². The van der Waals surface area contributed by atoms with E-state index in [1.807, 2.05) is 0 Å². The second-order valence-electron chi connectivity index (χ2n) is 6.51. The molecule has 0 saturated carbocycles. The number of rotatable bonds is 7. The van der Waals surface area contributed by atoms with Gasteiger partial charge in [-0.05, 0) is 36.4 Å². The van der Waals surface area contributed by atoms with E-state index in [9.17, 15) is 14.9 Å². The number of nitrogens with zero attached hydrogens (tertiary/aromatic N) is 3. The van der Waals surface area contributed by atoms with E-state index in [2.05, 4.69) is 4.98 Å². The number of methoxy groups -OCH3 is 2. The molecule has 1 heterocycles. The van der Waals surface area contributed by atoms with Crippen molar-refractivity contribution in [2.24, 2.45) is 0 Å². The van der Waals surface area contributed by atoms with Gasteiger partial charge in [0.25, 0.3) is 0 Å². The summed E-state index contributed by atoms with van der Waals surface area (Å²) in [5, 5.41) is 11.7. The lowest BCUT2D eigenvalue weighted by Crippen LogP contribution is -2.20. The molecule has 152 valence electrons. The summed E-state index contributed by atoms with van der Waals surface area (Å²) in [5.74, 6) is 0.800. The van der Waals surface area contributed by atoms with Crippen molar-refractivity contribution in [2.45, 2.75) is 0 Å². The first-order valence-corrected chi connectivity index (χ1v) is 10.9. The largest absolute Gasteiger partial charge is 0.497 e. The maximum atomic E-state index is 13.2. The minimum Gasteiger partial charge on any atom is -0.497 e. The fraction of sp³-hybridized carbons (Fsp3) is 0.200. The van der Waals surface area contributed by atoms with Gasteiger partial charge in [-0.1, -0.05) is 12.1 Å². The SMILES string of the molecule is COc1ccc(-c2cn(S(C)(C)[N+](=O)[O-])c(C(=O)c3cccc(OC)c3)n2)cc1. The molecule has 0 aliphatic carbocycles. The van der Waals surface area contributed by atoms with E-state index in [0.717, 1.165) is 5.56 Å². The van der Waals surface area contributed by atoms with Crippen molar-refractivity contribution < 1.29 is 18.6 Å². The lowest BCUT2D eigenvalue weighted by molar-refractivity contribution is -0.297. The Morgan fingerprint density at radius 2 is 1.72 bits per heavy atom. The van der Waals surface area contributed by atoms with E-state index in [4.69, 9.17) is 9.47 Å². The lowest BCUT2D eigenvalue weighted by Gasteiger charge is -2.23. The Morgan fingerprint density at radius 1 is 1.07 bits per heavy atom. The van der Waals surface area contributed by atoms with Crippen LogP contribution in [0.25, 0.3) is 11.3 Å². The van der Waals surface area contributed by atoms with Gasteiger partial charge in [-0.3, -0.25) is 14.9 Å². The van der Waals surface area contributed by atoms with E-state index < -0.39 is 16.2 Å². The number of hydrogen-bond donors (Lipinski definition) is 0. The van der Waals surface area contributed by atoms with Crippen molar-refractivity contribution in [3.63, 3.8) is 0 Å². The molecule has 0 saturated heterocycles. The molecule has 0 atom stereocenters. The van der Waals surface area contributed by atoms with E-state index >= 15 is 0 Å². The lowest BCUT2D eigenvalue weighted by atomic mass is 10.1. The molecule has 0 radical (unpaired) electrons. The Morgan fingerprint density at radius 3 is 2.31 bits per heavy atom. The topological polar surface area (TPSA) is 96.5 Å². The first-order valence-electron chi connectivity index (χ1n) is 8.59. The predicted octanol–water partition coefficient (Wildman–Crippen LogP) is 3.82.